The maximum atomic E-state index is 12.9. The van der Waals surface area contributed by atoms with E-state index in [1.54, 1.807) is 12.1 Å². The highest BCUT2D eigenvalue weighted by Crippen LogP contribution is 2.21. The van der Waals surface area contributed by atoms with Crippen LogP contribution in [0.15, 0.2) is 78.9 Å². The second kappa shape index (κ2) is 7.63. The van der Waals surface area contributed by atoms with E-state index in [0.29, 0.717) is 11.1 Å². The van der Waals surface area contributed by atoms with E-state index < -0.39 is 0 Å². The van der Waals surface area contributed by atoms with Crippen molar-refractivity contribution in [3.8, 4) is 0 Å². The summed E-state index contributed by atoms with van der Waals surface area (Å²) < 4.78 is 0. The van der Waals surface area contributed by atoms with E-state index >= 15 is 0 Å². The van der Waals surface area contributed by atoms with Gasteiger partial charge < -0.3 is 5.11 Å². The average molecular weight is 354 g/mol. The van der Waals surface area contributed by atoms with E-state index in [0.717, 1.165) is 36.8 Å². The maximum Gasteiger partial charge on any atom is 0.189 e. The molecular weight excluding hydrogens is 332 g/mol. The fraction of sp³-hybridized carbons (Fsp3) is 0.160. The number of benzene rings is 3. The molecule has 3 aromatic rings. The Balaban J connectivity index is 1.67. The first-order chi connectivity index (χ1) is 13.2. The zero-order valence-corrected chi connectivity index (χ0v) is 15.2. The van der Waals surface area contributed by atoms with Crippen molar-refractivity contribution >= 4 is 11.5 Å². The van der Waals surface area contributed by atoms with Crippen LogP contribution < -0.4 is 0 Å². The number of carbonyl (C=O) groups is 1. The predicted molar refractivity (Wildman–Crippen MR) is 109 cm³/mol. The largest absolute Gasteiger partial charge is 0.507 e. The molecule has 4 bridgehead atoms. The second-order valence-corrected chi connectivity index (χ2v) is 7.07. The number of ketones is 1. The second-order valence-electron chi connectivity index (χ2n) is 7.07. The SMILES string of the molecule is O=C(/C=C(\O)c1ccccc1)c1cc2ccc1CCc1ccc(cc1)CC2. The zero-order valence-electron chi connectivity index (χ0n) is 15.2. The monoisotopic (exact) mass is 354 g/mol. The molecule has 0 unspecified atom stereocenters. The quantitative estimate of drug-likeness (QED) is 0.391. The Bertz CT molecular complexity index is 983. The standard InChI is InChI=1S/C25H22O2/c26-24(22-4-2-1-3-5-22)17-25(27)23-16-20-11-10-18-6-8-19(9-7-18)12-14-21(23)15-13-20/h1-9,13,15-17,26H,10-12,14H2/b24-17-. The summed E-state index contributed by atoms with van der Waals surface area (Å²) in [7, 11) is 0. The van der Waals surface area contributed by atoms with E-state index in [9.17, 15) is 9.90 Å². The van der Waals surface area contributed by atoms with E-state index in [2.05, 4.69) is 36.4 Å². The van der Waals surface area contributed by atoms with Gasteiger partial charge in [-0.25, -0.2) is 0 Å². The number of aliphatic hydroxyl groups excluding tert-OH is 1. The molecule has 0 spiro atoms. The lowest BCUT2D eigenvalue weighted by molar-refractivity contribution is 0.104. The van der Waals surface area contributed by atoms with E-state index in [4.69, 9.17) is 0 Å². The van der Waals surface area contributed by atoms with Gasteiger partial charge in [-0.3, -0.25) is 4.79 Å². The van der Waals surface area contributed by atoms with Crippen LogP contribution >= 0.6 is 0 Å². The molecular formula is C25H22O2. The van der Waals surface area contributed by atoms with Gasteiger partial charge in [0.1, 0.15) is 5.76 Å². The minimum atomic E-state index is -0.140. The van der Waals surface area contributed by atoms with Crippen LogP contribution in [-0.2, 0) is 25.7 Å². The first-order valence-corrected chi connectivity index (χ1v) is 9.39. The van der Waals surface area contributed by atoms with Gasteiger partial charge in [0.15, 0.2) is 5.78 Å². The fourth-order valence-electron chi connectivity index (χ4n) is 3.56. The summed E-state index contributed by atoms with van der Waals surface area (Å²) in [6, 6.07) is 24.2. The summed E-state index contributed by atoms with van der Waals surface area (Å²) in [5.41, 5.74) is 6.13. The Kier molecular flexibility index (Phi) is 4.88. The maximum absolute atomic E-state index is 12.9. The van der Waals surface area contributed by atoms with Crippen molar-refractivity contribution in [2.75, 3.05) is 0 Å². The summed E-state index contributed by atoms with van der Waals surface area (Å²) in [5, 5.41) is 10.3. The topological polar surface area (TPSA) is 37.3 Å². The number of aryl methyl sites for hydroxylation is 4. The van der Waals surface area contributed by atoms with Gasteiger partial charge in [0, 0.05) is 17.2 Å². The number of carbonyl (C=O) groups excluding carboxylic acids is 1. The predicted octanol–water partition coefficient (Wildman–Crippen LogP) is 5.35. The van der Waals surface area contributed by atoms with Crippen LogP contribution in [0.3, 0.4) is 0 Å². The molecule has 134 valence electrons. The molecule has 27 heavy (non-hydrogen) atoms. The molecule has 4 aliphatic carbocycles. The highest BCUT2D eigenvalue weighted by Gasteiger charge is 2.14. The van der Waals surface area contributed by atoms with Crippen LogP contribution in [0.5, 0.6) is 0 Å². The molecule has 2 nitrogen and oxygen atoms in total. The van der Waals surface area contributed by atoms with E-state index in [1.165, 1.54) is 17.2 Å². The van der Waals surface area contributed by atoms with Crippen molar-refractivity contribution in [3.05, 3.63) is 112 Å². The minimum Gasteiger partial charge on any atom is -0.507 e. The van der Waals surface area contributed by atoms with Crippen molar-refractivity contribution in [1.29, 1.82) is 0 Å². The molecule has 0 aliphatic heterocycles. The van der Waals surface area contributed by atoms with E-state index in [-0.39, 0.29) is 11.5 Å². The first kappa shape index (κ1) is 17.3. The van der Waals surface area contributed by atoms with Crippen molar-refractivity contribution in [2.45, 2.75) is 25.7 Å². The van der Waals surface area contributed by atoms with Crippen LogP contribution in [0.2, 0.25) is 0 Å². The summed E-state index contributed by atoms with van der Waals surface area (Å²) in [6.45, 7) is 0. The minimum absolute atomic E-state index is 0.00734. The van der Waals surface area contributed by atoms with E-state index in [1.807, 2.05) is 24.3 Å². The Labute approximate surface area is 159 Å². The van der Waals surface area contributed by atoms with Gasteiger partial charge in [-0.2, -0.15) is 0 Å². The Hall–Kier alpha value is -3.13. The van der Waals surface area contributed by atoms with Crippen molar-refractivity contribution < 1.29 is 9.90 Å². The molecule has 0 aromatic heterocycles. The van der Waals surface area contributed by atoms with Crippen LogP contribution in [0.4, 0.5) is 0 Å². The molecule has 0 amide bonds. The molecule has 4 aliphatic rings. The third-order valence-electron chi connectivity index (χ3n) is 5.19. The summed E-state index contributed by atoms with van der Waals surface area (Å²) in [5.74, 6) is -0.132. The Morgan fingerprint density at radius 3 is 2.04 bits per heavy atom. The number of rotatable bonds is 3. The van der Waals surface area contributed by atoms with Crippen LogP contribution in [0, 0.1) is 0 Å². The summed E-state index contributed by atoms with van der Waals surface area (Å²) in [4.78, 5) is 12.9. The van der Waals surface area contributed by atoms with Gasteiger partial charge >= 0.3 is 0 Å². The van der Waals surface area contributed by atoms with Gasteiger partial charge in [-0.15, -0.1) is 0 Å². The van der Waals surface area contributed by atoms with Gasteiger partial charge in [0.2, 0.25) is 0 Å². The first-order valence-electron chi connectivity index (χ1n) is 9.39. The third kappa shape index (κ3) is 4.01. The van der Waals surface area contributed by atoms with Crippen molar-refractivity contribution in [2.24, 2.45) is 0 Å². The number of hydrogen-bond acceptors (Lipinski definition) is 2. The number of aliphatic hydroxyl groups is 1. The lowest BCUT2D eigenvalue weighted by Crippen LogP contribution is -2.06. The molecule has 2 heteroatoms. The molecule has 0 radical (unpaired) electrons. The van der Waals surface area contributed by atoms with Crippen LogP contribution in [-0.4, -0.2) is 10.9 Å². The molecule has 7 rings (SSSR count). The summed E-state index contributed by atoms with van der Waals surface area (Å²) in [6.07, 6.45) is 4.90. The third-order valence-corrected chi connectivity index (χ3v) is 5.19. The van der Waals surface area contributed by atoms with Crippen molar-refractivity contribution in [1.82, 2.24) is 0 Å². The lowest BCUT2D eigenvalue weighted by atomic mass is 9.91. The molecule has 0 atom stereocenters. The highest BCUT2D eigenvalue weighted by molar-refractivity contribution is 6.08. The Morgan fingerprint density at radius 2 is 1.33 bits per heavy atom. The Morgan fingerprint density at radius 1 is 0.741 bits per heavy atom. The van der Waals surface area contributed by atoms with Gasteiger partial charge in [-0.05, 0) is 54.0 Å². The highest BCUT2D eigenvalue weighted by atomic mass is 16.3. The van der Waals surface area contributed by atoms with Crippen molar-refractivity contribution in [3.63, 3.8) is 0 Å². The average Bonchev–Trinajstić information content (AvgIpc) is 2.70. The molecule has 0 saturated carbocycles. The molecule has 1 N–H and O–H groups in total. The van der Waals surface area contributed by atoms with Crippen LogP contribution in [0.25, 0.3) is 5.76 Å². The number of hydrogen-bond donors (Lipinski definition) is 1. The molecule has 0 heterocycles. The summed E-state index contributed by atoms with van der Waals surface area (Å²) >= 11 is 0. The number of allylic oxidation sites excluding steroid dienone is 1. The lowest BCUT2D eigenvalue weighted by Gasteiger charge is -2.13. The fourth-order valence-corrected chi connectivity index (χ4v) is 3.56. The molecule has 0 saturated heterocycles. The van der Waals surface area contributed by atoms with Gasteiger partial charge in [-0.1, -0.05) is 66.7 Å². The molecule has 3 aromatic carbocycles. The zero-order chi connectivity index (χ0) is 18.6. The van der Waals surface area contributed by atoms with Gasteiger partial charge in [0.25, 0.3) is 0 Å². The normalized spacial score (nSPS) is 13.9. The van der Waals surface area contributed by atoms with Crippen LogP contribution in [0.1, 0.15) is 38.2 Å². The molecule has 0 fully saturated rings. The van der Waals surface area contributed by atoms with Gasteiger partial charge in [0.05, 0.1) is 0 Å². The smallest absolute Gasteiger partial charge is 0.189 e.